The van der Waals surface area contributed by atoms with Crippen LogP contribution in [-0.4, -0.2) is 36.3 Å². The molecule has 18 heavy (non-hydrogen) atoms. The third kappa shape index (κ3) is 5.42. The van der Waals surface area contributed by atoms with E-state index in [0.29, 0.717) is 19.1 Å². The van der Waals surface area contributed by atoms with Crippen LogP contribution < -0.4 is 11.1 Å². The Balaban J connectivity index is 2.37. The van der Waals surface area contributed by atoms with E-state index in [9.17, 15) is 0 Å². The van der Waals surface area contributed by atoms with E-state index in [1.54, 1.807) is 0 Å². The minimum atomic E-state index is 0.346. The lowest BCUT2D eigenvalue weighted by molar-refractivity contribution is 0.141. The number of aromatic nitrogens is 2. The van der Waals surface area contributed by atoms with Gasteiger partial charge >= 0.3 is 0 Å². The Labute approximate surface area is 109 Å². The minimum Gasteiger partial charge on any atom is -0.380 e. The van der Waals surface area contributed by atoms with Crippen molar-refractivity contribution in [1.29, 1.82) is 0 Å². The summed E-state index contributed by atoms with van der Waals surface area (Å²) in [4.78, 5) is 8.90. The Hall–Kier alpha value is -1.20. The quantitative estimate of drug-likeness (QED) is 0.689. The number of rotatable bonds is 8. The molecule has 1 heterocycles. The number of ether oxygens (including phenoxy) is 1. The Bertz CT molecular complexity index is 355. The molecule has 0 radical (unpaired) electrons. The van der Waals surface area contributed by atoms with E-state index < -0.39 is 0 Å². The first-order valence-electron chi connectivity index (χ1n) is 6.50. The van der Waals surface area contributed by atoms with Crippen molar-refractivity contribution < 1.29 is 4.74 Å². The molecular weight excluding hydrogens is 228 g/mol. The molecule has 0 saturated heterocycles. The molecule has 5 nitrogen and oxygen atoms in total. The molecule has 0 fully saturated rings. The van der Waals surface area contributed by atoms with Crippen LogP contribution in [0.5, 0.6) is 0 Å². The van der Waals surface area contributed by atoms with E-state index in [1.165, 1.54) is 0 Å². The highest BCUT2D eigenvalue weighted by Crippen LogP contribution is 2.13. The second kappa shape index (κ2) is 8.00. The molecule has 0 aliphatic carbocycles. The second-order valence-corrected chi connectivity index (χ2v) is 4.59. The van der Waals surface area contributed by atoms with Gasteiger partial charge in [0.2, 0.25) is 0 Å². The summed E-state index contributed by atoms with van der Waals surface area (Å²) in [5, 5.41) is 3.30. The molecule has 5 heteroatoms. The Kier molecular flexibility index (Phi) is 6.60. The van der Waals surface area contributed by atoms with Gasteiger partial charge in [-0.25, -0.2) is 9.97 Å². The molecule has 0 amide bonds. The summed E-state index contributed by atoms with van der Waals surface area (Å²) in [6, 6.07) is 1.96. The standard InChI is InChI=1S/C13H24N4O/c1-10(2)13-16-11(3)9-12(17-13)15-6-4-7-18-8-5-14/h9-10H,4-8,14H2,1-3H3,(H,15,16,17). The lowest BCUT2D eigenvalue weighted by Gasteiger charge is -2.10. The fourth-order valence-corrected chi connectivity index (χ4v) is 1.52. The molecule has 0 spiro atoms. The van der Waals surface area contributed by atoms with Gasteiger partial charge in [0.15, 0.2) is 0 Å². The molecule has 0 bridgehead atoms. The van der Waals surface area contributed by atoms with Gasteiger partial charge in [-0.15, -0.1) is 0 Å². The Morgan fingerprint density at radius 2 is 2.11 bits per heavy atom. The van der Waals surface area contributed by atoms with Gasteiger partial charge in [-0.05, 0) is 13.3 Å². The average molecular weight is 252 g/mol. The predicted molar refractivity (Wildman–Crippen MR) is 73.8 cm³/mol. The molecule has 1 aromatic heterocycles. The molecule has 0 atom stereocenters. The zero-order chi connectivity index (χ0) is 13.4. The van der Waals surface area contributed by atoms with E-state index in [-0.39, 0.29) is 0 Å². The number of nitrogens with one attached hydrogen (secondary N) is 1. The summed E-state index contributed by atoms with van der Waals surface area (Å²) in [5.41, 5.74) is 6.33. The molecule has 0 aliphatic rings. The maximum Gasteiger partial charge on any atom is 0.133 e. The van der Waals surface area contributed by atoms with Crippen LogP contribution in [0.4, 0.5) is 5.82 Å². The van der Waals surface area contributed by atoms with Crippen LogP contribution in [0.1, 0.15) is 37.7 Å². The predicted octanol–water partition coefficient (Wildman–Crippen LogP) is 1.69. The first-order chi connectivity index (χ1) is 8.63. The highest BCUT2D eigenvalue weighted by Gasteiger charge is 2.05. The summed E-state index contributed by atoms with van der Waals surface area (Å²) >= 11 is 0. The van der Waals surface area contributed by atoms with E-state index in [0.717, 1.165) is 36.9 Å². The van der Waals surface area contributed by atoms with Crippen LogP contribution >= 0.6 is 0 Å². The van der Waals surface area contributed by atoms with Gasteiger partial charge in [0.05, 0.1) is 6.61 Å². The topological polar surface area (TPSA) is 73.1 Å². The fraction of sp³-hybridized carbons (Fsp3) is 0.692. The van der Waals surface area contributed by atoms with Gasteiger partial charge in [-0.3, -0.25) is 0 Å². The summed E-state index contributed by atoms with van der Waals surface area (Å²) in [5.74, 6) is 2.13. The number of anilines is 1. The zero-order valence-electron chi connectivity index (χ0n) is 11.6. The van der Waals surface area contributed by atoms with E-state index >= 15 is 0 Å². The highest BCUT2D eigenvalue weighted by atomic mass is 16.5. The summed E-state index contributed by atoms with van der Waals surface area (Å²) in [7, 11) is 0. The number of nitrogens with zero attached hydrogens (tertiary/aromatic N) is 2. The molecular formula is C13H24N4O. The Morgan fingerprint density at radius 1 is 1.33 bits per heavy atom. The van der Waals surface area contributed by atoms with E-state index in [1.807, 2.05) is 13.0 Å². The molecule has 0 saturated carbocycles. The summed E-state index contributed by atoms with van der Waals surface area (Å²) < 4.78 is 5.31. The van der Waals surface area contributed by atoms with Crippen molar-refractivity contribution in [1.82, 2.24) is 9.97 Å². The SMILES string of the molecule is Cc1cc(NCCCOCCN)nc(C(C)C)n1. The van der Waals surface area contributed by atoms with Crippen LogP contribution in [0.15, 0.2) is 6.07 Å². The smallest absolute Gasteiger partial charge is 0.133 e. The summed E-state index contributed by atoms with van der Waals surface area (Å²) in [6.45, 7) is 8.96. The van der Waals surface area contributed by atoms with Gasteiger partial charge in [-0.2, -0.15) is 0 Å². The van der Waals surface area contributed by atoms with Crippen molar-refractivity contribution in [2.75, 3.05) is 31.6 Å². The third-order valence-corrected chi connectivity index (χ3v) is 2.42. The van der Waals surface area contributed by atoms with Crippen molar-refractivity contribution in [2.45, 2.75) is 33.1 Å². The van der Waals surface area contributed by atoms with Gasteiger partial charge < -0.3 is 15.8 Å². The van der Waals surface area contributed by atoms with Crippen molar-refractivity contribution in [3.63, 3.8) is 0 Å². The van der Waals surface area contributed by atoms with Gasteiger partial charge in [0.25, 0.3) is 0 Å². The van der Waals surface area contributed by atoms with Crippen molar-refractivity contribution in [3.05, 3.63) is 17.6 Å². The molecule has 3 N–H and O–H groups in total. The molecule has 0 aliphatic heterocycles. The van der Waals surface area contributed by atoms with Crippen LogP contribution in [-0.2, 0) is 4.74 Å². The fourth-order valence-electron chi connectivity index (χ4n) is 1.52. The maximum absolute atomic E-state index is 5.34. The largest absolute Gasteiger partial charge is 0.380 e. The first kappa shape index (κ1) is 14.9. The molecule has 1 aromatic rings. The lowest BCUT2D eigenvalue weighted by Crippen LogP contribution is -2.12. The summed E-state index contributed by atoms with van der Waals surface area (Å²) in [6.07, 6.45) is 0.945. The van der Waals surface area contributed by atoms with Gasteiger partial charge in [0, 0.05) is 37.4 Å². The van der Waals surface area contributed by atoms with Crippen LogP contribution in [0.2, 0.25) is 0 Å². The number of aryl methyl sites for hydroxylation is 1. The first-order valence-corrected chi connectivity index (χ1v) is 6.50. The second-order valence-electron chi connectivity index (χ2n) is 4.59. The van der Waals surface area contributed by atoms with Crippen LogP contribution in [0.25, 0.3) is 0 Å². The van der Waals surface area contributed by atoms with Crippen LogP contribution in [0.3, 0.4) is 0 Å². The van der Waals surface area contributed by atoms with Crippen molar-refractivity contribution >= 4 is 5.82 Å². The zero-order valence-corrected chi connectivity index (χ0v) is 11.6. The molecule has 0 unspecified atom stereocenters. The normalized spacial score (nSPS) is 10.9. The Morgan fingerprint density at radius 3 is 2.78 bits per heavy atom. The van der Waals surface area contributed by atoms with Crippen LogP contribution in [0, 0.1) is 6.92 Å². The third-order valence-electron chi connectivity index (χ3n) is 2.42. The minimum absolute atomic E-state index is 0.346. The molecule has 0 aromatic carbocycles. The van der Waals surface area contributed by atoms with Crippen molar-refractivity contribution in [2.24, 2.45) is 5.73 Å². The molecule has 1 rings (SSSR count). The van der Waals surface area contributed by atoms with Crippen molar-refractivity contribution in [3.8, 4) is 0 Å². The number of nitrogens with two attached hydrogens (primary N) is 1. The number of hydrogen-bond acceptors (Lipinski definition) is 5. The maximum atomic E-state index is 5.34. The highest BCUT2D eigenvalue weighted by molar-refractivity contribution is 5.36. The van der Waals surface area contributed by atoms with E-state index in [2.05, 4.69) is 29.1 Å². The lowest BCUT2D eigenvalue weighted by atomic mass is 10.2. The average Bonchev–Trinajstić information content (AvgIpc) is 2.33. The van der Waals surface area contributed by atoms with Gasteiger partial charge in [0.1, 0.15) is 11.6 Å². The van der Waals surface area contributed by atoms with E-state index in [4.69, 9.17) is 10.5 Å². The monoisotopic (exact) mass is 252 g/mol. The van der Waals surface area contributed by atoms with Gasteiger partial charge in [-0.1, -0.05) is 13.8 Å². The number of hydrogen-bond donors (Lipinski definition) is 2. The molecule has 102 valence electrons.